The third-order valence-electron chi connectivity index (χ3n) is 2.42. The van der Waals surface area contributed by atoms with Gasteiger partial charge in [-0.2, -0.15) is 0 Å². The Bertz CT molecular complexity index is 388. The molecule has 2 rings (SSSR count). The van der Waals surface area contributed by atoms with E-state index in [-0.39, 0.29) is 11.9 Å². The molecular weight excluding hydrogens is 258 g/mol. The molecule has 0 unspecified atom stereocenters. The molecule has 1 N–H and O–H groups in total. The summed E-state index contributed by atoms with van der Waals surface area (Å²) in [6.07, 6.45) is 0. The topological polar surface area (TPSA) is 38.3 Å². The molecule has 0 radical (unpaired) electrons. The first kappa shape index (κ1) is 10.6. The van der Waals surface area contributed by atoms with E-state index >= 15 is 0 Å². The minimum absolute atomic E-state index is 0.0258. The van der Waals surface area contributed by atoms with Gasteiger partial charge in [0.05, 0.1) is 19.3 Å². The molecule has 0 bridgehead atoms. The van der Waals surface area contributed by atoms with Crippen LogP contribution in [-0.4, -0.2) is 25.2 Å². The van der Waals surface area contributed by atoms with Crippen LogP contribution >= 0.6 is 15.9 Å². The molecule has 1 aliphatic heterocycles. The molecular formula is C11H12BrNO2. The van der Waals surface area contributed by atoms with Gasteiger partial charge in [0, 0.05) is 10.0 Å². The summed E-state index contributed by atoms with van der Waals surface area (Å²) < 4.78 is 5.92. The first-order valence-electron chi connectivity index (χ1n) is 4.81. The third-order valence-corrected chi connectivity index (χ3v) is 2.91. The zero-order chi connectivity index (χ0) is 10.8. The molecule has 0 saturated carbocycles. The number of carbonyl (C=O) groups excluding carboxylic acids is 1. The maximum atomic E-state index is 11.8. The van der Waals surface area contributed by atoms with E-state index in [1.165, 1.54) is 0 Å². The molecule has 1 heterocycles. The minimum atomic E-state index is -0.0258. The molecule has 0 aliphatic carbocycles. The van der Waals surface area contributed by atoms with Gasteiger partial charge in [0.2, 0.25) is 0 Å². The van der Waals surface area contributed by atoms with Crippen LogP contribution in [0.15, 0.2) is 22.7 Å². The van der Waals surface area contributed by atoms with Crippen molar-refractivity contribution in [3.05, 3.63) is 33.8 Å². The summed E-state index contributed by atoms with van der Waals surface area (Å²) in [7, 11) is 0. The maximum absolute atomic E-state index is 11.8. The summed E-state index contributed by atoms with van der Waals surface area (Å²) in [4.78, 5) is 11.8. The molecule has 1 aromatic rings. The Hall–Kier alpha value is -0.870. The SMILES string of the molecule is Cc1ccc(Br)cc1C(=O)NC1COC1. The lowest BCUT2D eigenvalue weighted by molar-refractivity contribution is -0.00347. The molecule has 1 aromatic carbocycles. The number of halogens is 1. The van der Waals surface area contributed by atoms with Crippen molar-refractivity contribution in [3.8, 4) is 0 Å². The van der Waals surface area contributed by atoms with E-state index in [0.717, 1.165) is 15.6 Å². The van der Waals surface area contributed by atoms with Crippen LogP contribution in [0.1, 0.15) is 15.9 Å². The number of carbonyl (C=O) groups is 1. The fourth-order valence-corrected chi connectivity index (χ4v) is 1.78. The van der Waals surface area contributed by atoms with E-state index in [1.807, 2.05) is 25.1 Å². The Balaban J connectivity index is 2.12. The highest BCUT2D eigenvalue weighted by Gasteiger charge is 2.21. The number of ether oxygens (including phenoxy) is 1. The van der Waals surface area contributed by atoms with Crippen LogP contribution < -0.4 is 5.32 Å². The second-order valence-electron chi connectivity index (χ2n) is 3.67. The van der Waals surface area contributed by atoms with Crippen LogP contribution in [0.25, 0.3) is 0 Å². The predicted molar refractivity (Wildman–Crippen MR) is 61.0 cm³/mol. The first-order valence-corrected chi connectivity index (χ1v) is 5.61. The van der Waals surface area contributed by atoms with Gasteiger partial charge in [-0.15, -0.1) is 0 Å². The first-order chi connectivity index (χ1) is 7.16. The molecule has 0 spiro atoms. The van der Waals surface area contributed by atoms with E-state index < -0.39 is 0 Å². The molecule has 80 valence electrons. The molecule has 1 saturated heterocycles. The Kier molecular flexibility index (Phi) is 3.07. The lowest BCUT2D eigenvalue weighted by atomic mass is 10.1. The molecule has 15 heavy (non-hydrogen) atoms. The summed E-state index contributed by atoms with van der Waals surface area (Å²) >= 11 is 3.36. The van der Waals surface area contributed by atoms with Crippen molar-refractivity contribution < 1.29 is 9.53 Å². The average Bonchev–Trinajstić information content (AvgIpc) is 2.15. The summed E-state index contributed by atoms with van der Waals surface area (Å²) in [5.74, 6) is -0.0258. The Morgan fingerprint density at radius 3 is 2.87 bits per heavy atom. The van der Waals surface area contributed by atoms with Gasteiger partial charge in [-0.25, -0.2) is 0 Å². The van der Waals surface area contributed by atoms with Crippen LogP contribution in [0.5, 0.6) is 0 Å². The lowest BCUT2D eigenvalue weighted by Gasteiger charge is -2.27. The Morgan fingerprint density at radius 1 is 1.53 bits per heavy atom. The van der Waals surface area contributed by atoms with Crippen molar-refractivity contribution in [2.45, 2.75) is 13.0 Å². The van der Waals surface area contributed by atoms with Crippen LogP contribution in [0.2, 0.25) is 0 Å². The zero-order valence-electron chi connectivity index (χ0n) is 8.42. The van der Waals surface area contributed by atoms with Crippen LogP contribution in [-0.2, 0) is 4.74 Å². The van der Waals surface area contributed by atoms with E-state index in [2.05, 4.69) is 21.2 Å². The van der Waals surface area contributed by atoms with Gasteiger partial charge in [0.1, 0.15) is 0 Å². The Labute approximate surface area is 96.9 Å². The highest BCUT2D eigenvalue weighted by atomic mass is 79.9. The summed E-state index contributed by atoms with van der Waals surface area (Å²) in [5.41, 5.74) is 1.70. The molecule has 4 heteroatoms. The number of hydrogen-bond acceptors (Lipinski definition) is 2. The number of benzene rings is 1. The monoisotopic (exact) mass is 269 g/mol. The number of amides is 1. The molecule has 3 nitrogen and oxygen atoms in total. The van der Waals surface area contributed by atoms with Crippen molar-refractivity contribution in [2.24, 2.45) is 0 Å². The maximum Gasteiger partial charge on any atom is 0.251 e. The van der Waals surface area contributed by atoms with Gasteiger partial charge in [-0.05, 0) is 24.6 Å². The van der Waals surface area contributed by atoms with Crippen molar-refractivity contribution >= 4 is 21.8 Å². The smallest absolute Gasteiger partial charge is 0.251 e. The van der Waals surface area contributed by atoms with Gasteiger partial charge >= 0.3 is 0 Å². The summed E-state index contributed by atoms with van der Waals surface area (Å²) in [6, 6.07) is 5.87. The largest absolute Gasteiger partial charge is 0.377 e. The van der Waals surface area contributed by atoms with Crippen molar-refractivity contribution in [2.75, 3.05) is 13.2 Å². The number of nitrogens with one attached hydrogen (secondary N) is 1. The summed E-state index contributed by atoms with van der Waals surface area (Å²) in [6.45, 7) is 3.18. The summed E-state index contributed by atoms with van der Waals surface area (Å²) in [5, 5.41) is 2.92. The second kappa shape index (κ2) is 4.33. The van der Waals surface area contributed by atoms with E-state index in [0.29, 0.717) is 13.2 Å². The van der Waals surface area contributed by atoms with Crippen molar-refractivity contribution in [1.29, 1.82) is 0 Å². The normalized spacial score (nSPS) is 15.9. The van der Waals surface area contributed by atoms with Crippen molar-refractivity contribution in [1.82, 2.24) is 5.32 Å². The van der Waals surface area contributed by atoms with E-state index in [9.17, 15) is 4.79 Å². The van der Waals surface area contributed by atoms with Gasteiger partial charge in [-0.3, -0.25) is 4.79 Å². The number of rotatable bonds is 2. The quantitative estimate of drug-likeness (QED) is 0.891. The van der Waals surface area contributed by atoms with Gasteiger partial charge in [-0.1, -0.05) is 22.0 Å². The van der Waals surface area contributed by atoms with E-state index in [4.69, 9.17) is 4.74 Å². The number of hydrogen-bond donors (Lipinski definition) is 1. The van der Waals surface area contributed by atoms with Gasteiger partial charge in [0.25, 0.3) is 5.91 Å². The third kappa shape index (κ3) is 2.38. The average molecular weight is 270 g/mol. The van der Waals surface area contributed by atoms with Crippen molar-refractivity contribution in [3.63, 3.8) is 0 Å². The molecule has 1 aliphatic rings. The standard InChI is InChI=1S/C11H12BrNO2/c1-7-2-3-8(12)4-10(7)11(14)13-9-5-15-6-9/h2-4,9H,5-6H2,1H3,(H,13,14). The van der Waals surface area contributed by atoms with Crippen LogP contribution in [0.3, 0.4) is 0 Å². The lowest BCUT2D eigenvalue weighted by Crippen LogP contribution is -2.48. The van der Waals surface area contributed by atoms with Gasteiger partial charge in [0.15, 0.2) is 0 Å². The molecule has 0 aromatic heterocycles. The fraction of sp³-hybridized carbons (Fsp3) is 0.364. The molecule has 1 fully saturated rings. The van der Waals surface area contributed by atoms with Gasteiger partial charge < -0.3 is 10.1 Å². The fourth-order valence-electron chi connectivity index (χ4n) is 1.42. The van der Waals surface area contributed by atoms with Crippen LogP contribution in [0, 0.1) is 6.92 Å². The zero-order valence-corrected chi connectivity index (χ0v) is 10.0. The van der Waals surface area contributed by atoms with Crippen LogP contribution in [0.4, 0.5) is 0 Å². The molecule has 0 atom stereocenters. The highest BCUT2D eigenvalue weighted by molar-refractivity contribution is 9.10. The minimum Gasteiger partial charge on any atom is -0.377 e. The highest BCUT2D eigenvalue weighted by Crippen LogP contribution is 2.16. The van der Waals surface area contributed by atoms with E-state index in [1.54, 1.807) is 0 Å². The molecule has 1 amide bonds. The predicted octanol–water partition coefficient (Wildman–Crippen LogP) is 1.89. The Morgan fingerprint density at radius 2 is 2.27 bits per heavy atom. The second-order valence-corrected chi connectivity index (χ2v) is 4.58. The number of aryl methyl sites for hydroxylation is 1.